The first-order valence-electron chi connectivity index (χ1n) is 5.11. The van der Waals surface area contributed by atoms with Crippen LogP contribution in [-0.2, 0) is 0 Å². The molecule has 0 spiro atoms. The minimum Gasteiger partial charge on any atom is -0.0734 e. The summed E-state index contributed by atoms with van der Waals surface area (Å²) >= 11 is 0. The molecular formula is C13H14. The van der Waals surface area contributed by atoms with Crippen LogP contribution in [0.4, 0.5) is 0 Å². The highest BCUT2D eigenvalue weighted by Gasteiger charge is 2.49. The van der Waals surface area contributed by atoms with Crippen molar-refractivity contribution in [1.82, 2.24) is 0 Å². The Morgan fingerprint density at radius 3 is 1.38 bits per heavy atom. The minimum atomic E-state index is 0.330. The van der Waals surface area contributed by atoms with Crippen LogP contribution in [0.1, 0.15) is 19.3 Å². The van der Waals surface area contributed by atoms with Crippen LogP contribution < -0.4 is 0 Å². The molecule has 0 aromatic rings. The molecule has 0 aromatic carbocycles. The fourth-order valence-electron chi connectivity index (χ4n) is 3.11. The van der Waals surface area contributed by atoms with Gasteiger partial charge in [0.15, 0.2) is 0 Å². The molecule has 3 rings (SSSR count). The van der Waals surface area contributed by atoms with Gasteiger partial charge in [-0.25, -0.2) is 0 Å². The summed E-state index contributed by atoms with van der Waals surface area (Å²) in [5.41, 5.74) is 0.660. The van der Waals surface area contributed by atoms with Crippen molar-refractivity contribution >= 4 is 0 Å². The monoisotopic (exact) mass is 170 g/mol. The minimum absolute atomic E-state index is 0.330. The predicted molar refractivity (Wildman–Crippen MR) is 55.3 cm³/mol. The lowest BCUT2D eigenvalue weighted by Gasteiger charge is -2.41. The van der Waals surface area contributed by atoms with E-state index < -0.39 is 0 Å². The molecule has 0 atom stereocenters. The van der Waals surface area contributed by atoms with Crippen LogP contribution in [0.2, 0.25) is 0 Å². The van der Waals surface area contributed by atoms with Crippen molar-refractivity contribution in [1.29, 1.82) is 0 Å². The third-order valence-corrected chi connectivity index (χ3v) is 3.84. The van der Waals surface area contributed by atoms with E-state index >= 15 is 0 Å². The Morgan fingerprint density at radius 1 is 0.615 bits per heavy atom. The Kier molecular flexibility index (Phi) is 1.28. The highest BCUT2D eigenvalue weighted by atomic mass is 14.5. The zero-order chi connectivity index (χ0) is 8.78. The molecule has 0 radical (unpaired) electrons. The third-order valence-electron chi connectivity index (χ3n) is 3.84. The van der Waals surface area contributed by atoms with E-state index in [-0.39, 0.29) is 0 Å². The molecule has 66 valence electrons. The van der Waals surface area contributed by atoms with Gasteiger partial charge in [0.1, 0.15) is 0 Å². The highest BCUT2D eigenvalue weighted by molar-refractivity contribution is 5.41. The van der Waals surface area contributed by atoms with Gasteiger partial charge in [0.25, 0.3) is 0 Å². The Bertz CT molecular complexity index is 281. The Morgan fingerprint density at radius 2 is 1.00 bits per heavy atom. The molecular weight excluding hydrogens is 156 g/mol. The molecule has 13 heavy (non-hydrogen) atoms. The van der Waals surface area contributed by atoms with Crippen molar-refractivity contribution in [2.24, 2.45) is 10.8 Å². The van der Waals surface area contributed by atoms with Crippen molar-refractivity contribution in [3.63, 3.8) is 0 Å². The summed E-state index contributed by atoms with van der Waals surface area (Å²) in [7, 11) is 0. The van der Waals surface area contributed by atoms with E-state index in [2.05, 4.69) is 48.6 Å². The van der Waals surface area contributed by atoms with E-state index in [0.717, 1.165) is 0 Å². The normalized spacial score (nSPS) is 44.9. The predicted octanol–water partition coefficient (Wildman–Crippen LogP) is 3.40. The molecule has 1 fully saturated rings. The molecule has 0 heteroatoms. The van der Waals surface area contributed by atoms with Gasteiger partial charge in [-0.15, -0.1) is 0 Å². The first-order chi connectivity index (χ1) is 6.37. The van der Waals surface area contributed by atoms with Gasteiger partial charge in [-0.2, -0.15) is 0 Å². The molecule has 0 heterocycles. The fraction of sp³-hybridized carbons (Fsp3) is 0.385. The average Bonchev–Trinajstić information content (AvgIpc) is 2.56. The number of hydrogen-bond donors (Lipinski definition) is 0. The van der Waals surface area contributed by atoms with Crippen molar-refractivity contribution in [2.45, 2.75) is 19.3 Å². The van der Waals surface area contributed by atoms with Gasteiger partial charge >= 0.3 is 0 Å². The number of allylic oxidation sites excluding steroid dienone is 8. The summed E-state index contributed by atoms with van der Waals surface area (Å²) in [5, 5.41) is 0. The largest absolute Gasteiger partial charge is 0.0734 e. The van der Waals surface area contributed by atoms with Gasteiger partial charge < -0.3 is 0 Å². The van der Waals surface area contributed by atoms with Gasteiger partial charge in [0.05, 0.1) is 0 Å². The SMILES string of the molecule is C1=CC23C=CC=CC2(C=C1)CCC3. The molecule has 0 unspecified atom stereocenters. The third kappa shape index (κ3) is 0.763. The zero-order valence-corrected chi connectivity index (χ0v) is 7.74. The molecule has 3 aliphatic carbocycles. The fourth-order valence-corrected chi connectivity index (χ4v) is 3.11. The first kappa shape index (κ1) is 7.37. The van der Waals surface area contributed by atoms with Crippen LogP contribution in [0.15, 0.2) is 48.6 Å². The molecule has 0 aromatic heterocycles. The molecule has 0 saturated heterocycles. The summed E-state index contributed by atoms with van der Waals surface area (Å²) in [6.07, 6.45) is 22.3. The molecule has 0 bridgehead atoms. The van der Waals surface area contributed by atoms with Crippen LogP contribution in [0, 0.1) is 10.8 Å². The Hall–Kier alpha value is -1.04. The lowest BCUT2D eigenvalue weighted by molar-refractivity contribution is 0.308. The first-order valence-corrected chi connectivity index (χ1v) is 5.11. The van der Waals surface area contributed by atoms with Gasteiger partial charge in [0, 0.05) is 10.8 Å². The zero-order valence-electron chi connectivity index (χ0n) is 7.74. The lowest BCUT2D eigenvalue weighted by atomic mass is 9.61. The van der Waals surface area contributed by atoms with Crippen molar-refractivity contribution in [3.8, 4) is 0 Å². The highest BCUT2D eigenvalue weighted by Crippen LogP contribution is 2.59. The van der Waals surface area contributed by atoms with E-state index in [1.807, 2.05) is 0 Å². The van der Waals surface area contributed by atoms with E-state index in [4.69, 9.17) is 0 Å². The molecule has 0 nitrogen and oxygen atoms in total. The lowest BCUT2D eigenvalue weighted by Crippen LogP contribution is -2.33. The number of rotatable bonds is 0. The quantitative estimate of drug-likeness (QED) is 0.522. The average molecular weight is 170 g/mol. The second-order valence-corrected chi connectivity index (χ2v) is 4.37. The maximum Gasteiger partial charge on any atom is 0.0193 e. The van der Waals surface area contributed by atoms with Crippen LogP contribution in [0.3, 0.4) is 0 Å². The molecule has 0 aliphatic heterocycles. The second-order valence-electron chi connectivity index (χ2n) is 4.37. The molecule has 3 aliphatic rings. The van der Waals surface area contributed by atoms with Crippen molar-refractivity contribution in [2.75, 3.05) is 0 Å². The van der Waals surface area contributed by atoms with Crippen LogP contribution >= 0.6 is 0 Å². The number of hydrogen-bond acceptors (Lipinski definition) is 0. The standard InChI is InChI=1S/C13H14/c1-2-7-13-9-4-3-8-12(13,6-1)10-5-11-13/h1-4,6-9H,5,10-11H2. The summed E-state index contributed by atoms with van der Waals surface area (Å²) in [4.78, 5) is 0. The van der Waals surface area contributed by atoms with Crippen molar-refractivity contribution in [3.05, 3.63) is 48.6 Å². The van der Waals surface area contributed by atoms with Crippen LogP contribution in [0.25, 0.3) is 0 Å². The smallest absolute Gasteiger partial charge is 0.0193 e. The molecule has 0 amide bonds. The Balaban J connectivity index is 2.21. The van der Waals surface area contributed by atoms with E-state index in [9.17, 15) is 0 Å². The molecule has 0 N–H and O–H groups in total. The summed E-state index contributed by atoms with van der Waals surface area (Å²) in [6.45, 7) is 0. The van der Waals surface area contributed by atoms with E-state index in [1.54, 1.807) is 0 Å². The summed E-state index contributed by atoms with van der Waals surface area (Å²) in [5.74, 6) is 0. The van der Waals surface area contributed by atoms with E-state index in [1.165, 1.54) is 19.3 Å². The summed E-state index contributed by atoms with van der Waals surface area (Å²) < 4.78 is 0. The van der Waals surface area contributed by atoms with Crippen molar-refractivity contribution < 1.29 is 0 Å². The van der Waals surface area contributed by atoms with Gasteiger partial charge in [-0.05, 0) is 12.8 Å². The van der Waals surface area contributed by atoms with Gasteiger partial charge in [-0.3, -0.25) is 0 Å². The summed E-state index contributed by atoms with van der Waals surface area (Å²) in [6, 6.07) is 0. The Labute approximate surface area is 79.3 Å². The van der Waals surface area contributed by atoms with Gasteiger partial charge in [-0.1, -0.05) is 55.0 Å². The maximum atomic E-state index is 2.39. The second kappa shape index (κ2) is 2.25. The topological polar surface area (TPSA) is 0 Å². The van der Waals surface area contributed by atoms with Gasteiger partial charge in [0.2, 0.25) is 0 Å². The van der Waals surface area contributed by atoms with Crippen LogP contribution in [-0.4, -0.2) is 0 Å². The van der Waals surface area contributed by atoms with Crippen LogP contribution in [0.5, 0.6) is 0 Å². The maximum absolute atomic E-state index is 2.39. The molecule has 1 saturated carbocycles. The van der Waals surface area contributed by atoms with E-state index in [0.29, 0.717) is 10.8 Å².